The van der Waals surface area contributed by atoms with Gasteiger partial charge in [-0.3, -0.25) is 14.6 Å². The van der Waals surface area contributed by atoms with Crippen LogP contribution < -0.4 is 5.48 Å². The van der Waals surface area contributed by atoms with Gasteiger partial charge in [0.25, 0.3) is 5.91 Å². The molecule has 3 N–H and O–H groups in total. The molecular weight excluding hydrogens is 548 g/mol. The van der Waals surface area contributed by atoms with E-state index in [4.69, 9.17) is 9.94 Å². The summed E-state index contributed by atoms with van der Waals surface area (Å²) in [6.45, 7) is -0.632. The maximum atomic E-state index is 14.4. The van der Waals surface area contributed by atoms with Crippen molar-refractivity contribution in [2.75, 3.05) is 13.2 Å². The van der Waals surface area contributed by atoms with E-state index in [1.165, 1.54) is 6.07 Å². The minimum atomic E-state index is -1.11. The minimum absolute atomic E-state index is 0.117. The van der Waals surface area contributed by atoms with Crippen molar-refractivity contribution < 1.29 is 24.2 Å². The summed E-state index contributed by atoms with van der Waals surface area (Å²) in [6, 6.07) is 6.53. The predicted octanol–water partition coefficient (Wildman–Crippen LogP) is 2.61. The Morgan fingerprint density at radius 1 is 1.39 bits per heavy atom. The fraction of sp³-hybridized carbons (Fsp3) is 0.222. The van der Waals surface area contributed by atoms with Gasteiger partial charge in [-0.1, -0.05) is 6.07 Å². The van der Waals surface area contributed by atoms with Crippen molar-refractivity contribution in [3.05, 3.63) is 61.8 Å². The first-order valence-corrected chi connectivity index (χ1v) is 10.1. The fourth-order valence-electron chi connectivity index (χ4n) is 2.62. The number of fused-ring (bicyclic) bond motifs is 1. The standard InChI is InChI=1S/C18H16BrFIN3O4/c19-14-5-22-6-17-13(14)4-16(18(27)23-28-9-12(26)8-25)24(17)7-10-1-2-11(21)3-15(10)20/h1-6,12,25-26H,7-9H2,(H,23,27)/t12-/m1/s1. The molecule has 148 valence electrons. The maximum Gasteiger partial charge on any atom is 0.291 e. The van der Waals surface area contributed by atoms with E-state index in [9.17, 15) is 14.3 Å². The lowest BCUT2D eigenvalue weighted by atomic mass is 10.2. The third-order valence-electron chi connectivity index (χ3n) is 4.01. The van der Waals surface area contributed by atoms with Gasteiger partial charge in [0.2, 0.25) is 0 Å². The molecular formula is C18H16BrFIN3O4. The molecule has 1 amide bonds. The molecule has 0 aliphatic heterocycles. The Morgan fingerprint density at radius 3 is 2.89 bits per heavy atom. The van der Waals surface area contributed by atoms with Crippen LogP contribution in [0.4, 0.5) is 4.39 Å². The van der Waals surface area contributed by atoms with Gasteiger partial charge < -0.3 is 14.8 Å². The van der Waals surface area contributed by atoms with E-state index in [0.29, 0.717) is 15.6 Å². The third kappa shape index (κ3) is 4.69. The van der Waals surface area contributed by atoms with Crippen molar-refractivity contribution in [1.29, 1.82) is 0 Å². The Morgan fingerprint density at radius 2 is 2.18 bits per heavy atom. The lowest BCUT2D eigenvalue weighted by Crippen LogP contribution is -2.31. The van der Waals surface area contributed by atoms with Crippen molar-refractivity contribution in [1.82, 2.24) is 15.0 Å². The second kappa shape index (κ2) is 9.27. The highest BCUT2D eigenvalue weighted by atomic mass is 127. The van der Waals surface area contributed by atoms with Crippen LogP contribution in [-0.4, -0.2) is 45.0 Å². The summed E-state index contributed by atoms with van der Waals surface area (Å²) >= 11 is 5.44. The molecule has 1 atom stereocenters. The first kappa shape index (κ1) is 21.1. The molecule has 0 fully saturated rings. The molecule has 0 radical (unpaired) electrons. The summed E-state index contributed by atoms with van der Waals surface area (Å²) in [4.78, 5) is 21.7. The van der Waals surface area contributed by atoms with E-state index < -0.39 is 18.6 Å². The number of benzene rings is 1. The minimum Gasteiger partial charge on any atom is -0.394 e. The summed E-state index contributed by atoms with van der Waals surface area (Å²) in [5, 5.41) is 18.8. The summed E-state index contributed by atoms with van der Waals surface area (Å²) in [5.41, 5.74) is 3.54. The number of pyridine rings is 1. The van der Waals surface area contributed by atoms with Crippen molar-refractivity contribution in [2.24, 2.45) is 0 Å². The zero-order valence-corrected chi connectivity index (χ0v) is 18.1. The van der Waals surface area contributed by atoms with Gasteiger partial charge in [-0.05, 0) is 56.7 Å². The number of nitrogens with one attached hydrogen (secondary N) is 1. The highest BCUT2D eigenvalue weighted by molar-refractivity contribution is 14.1. The average molecular weight is 564 g/mol. The number of hydroxylamine groups is 1. The van der Waals surface area contributed by atoms with Gasteiger partial charge in [-0.25, -0.2) is 9.87 Å². The van der Waals surface area contributed by atoms with E-state index in [1.807, 2.05) is 22.6 Å². The Bertz CT molecular complexity index is 1010. The van der Waals surface area contributed by atoms with Crippen LogP contribution in [0.2, 0.25) is 0 Å². The largest absolute Gasteiger partial charge is 0.394 e. The number of halogens is 3. The number of nitrogens with zero attached hydrogens (tertiary/aromatic N) is 2. The number of aromatic nitrogens is 2. The van der Waals surface area contributed by atoms with Crippen molar-refractivity contribution in [3.63, 3.8) is 0 Å². The van der Waals surface area contributed by atoms with Gasteiger partial charge in [0.05, 0.1) is 24.9 Å². The molecule has 0 saturated carbocycles. The van der Waals surface area contributed by atoms with Crippen LogP contribution >= 0.6 is 38.5 Å². The van der Waals surface area contributed by atoms with E-state index in [0.717, 1.165) is 8.96 Å². The normalized spacial score (nSPS) is 12.3. The molecule has 10 heteroatoms. The van der Waals surface area contributed by atoms with E-state index in [2.05, 4.69) is 26.4 Å². The highest BCUT2D eigenvalue weighted by Gasteiger charge is 2.19. The molecule has 1 aromatic carbocycles. The summed E-state index contributed by atoms with van der Waals surface area (Å²) in [7, 11) is 0. The van der Waals surface area contributed by atoms with Crippen LogP contribution in [0.5, 0.6) is 0 Å². The van der Waals surface area contributed by atoms with E-state index in [-0.39, 0.29) is 24.7 Å². The second-order valence-corrected chi connectivity index (χ2v) is 8.08. The first-order chi connectivity index (χ1) is 13.4. The van der Waals surface area contributed by atoms with Gasteiger partial charge in [-0.15, -0.1) is 0 Å². The van der Waals surface area contributed by atoms with Gasteiger partial charge >= 0.3 is 0 Å². The summed E-state index contributed by atoms with van der Waals surface area (Å²) < 4.78 is 17.5. The Labute approximate surface area is 181 Å². The quantitative estimate of drug-likeness (QED) is 0.303. The third-order valence-corrected chi connectivity index (χ3v) is 5.31. The molecule has 0 saturated heterocycles. The number of amides is 1. The SMILES string of the molecule is O=C(NOC[C@H](O)CO)c1cc2c(Br)cncc2n1Cc1ccc(I)cc1F. The van der Waals surface area contributed by atoms with Crippen LogP contribution in [0.15, 0.2) is 41.1 Å². The van der Waals surface area contributed by atoms with Crippen LogP contribution in [0.25, 0.3) is 10.9 Å². The molecule has 7 nitrogen and oxygen atoms in total. The molecule has 3 rings (SSSR count). The number of hydrogen-bond acceptors (Lipinski definition) is 5. The lowest BCUT2D eigenvalue weighted by Gasteiger charge is -2.13. The molecule has 2 heterocycles. The molecule has 0 aliphatic carbocycles. The van der Waals surface area contributed by atoms with Gasteiger partial charge in [0, 0.05) is 25.2 Å². The maximum absolute atomic E-state index is 14.4. The van der Waals surface area contributed by atoms with Crippen molar-refractivity contribution in [3.8, 4) is 0 Å². The Kier molecular flexibility index (Phi) is 6.99. The fourth-order valence-corrected chi connectivity index (χ4v) is 3.51. The van der Waals surface area contributed by atoms with Gasteiger partial charge in [0.15, 0.2) is 0 Å². The van der Waals surface area contributed by atoms with Crippen molar-refractivity contribution in [2.45, 2.75) is 12.6 Å². The number of carbonyl (C=O) groups is 1. The predicted molar refractivity (Wildman–Crippen MR) is 112 cm³/mol. The summed E-state index contributed by atoms with van der Waals surface area (Å²) in [5.74, 6) is -0.940. The van der Waals surface area contributed by atoms with Crippen LogP contribution in [0, 0.1) is 9.39 Å². The van der Waals surface area contributed by atoms with Crippen LogP contribution in [0.1, 0.15) is 16.1 Å². The number of aliphatic hydroxyl groups excluding tert-OH is 2. The zero-order valence-electron chi connectivity index (χ0n) is 14.4. The molecule has 28 heavy (non-hydrogen) atoms. The number of hydrogen-bond donors (Lipinski definition) is 3. The molecule has 3 aromatic rings. The van der Waals surface area contributed by atoms with Gasteiger partial charge in [0.1, 0.15) is 24.2 Å². The molecule has 2 aromatic heterocycles. The lowest BCUT2D eigenvalue weighted by molar-refractivity contribution is -0.0298. The highest BCUT2D eigenvalue weighted by Crippen LogP contribution is 2.28. The van der Waals surface area contributed by atoms with Crippen LogP contribution in [-0.2, 0) is 11.4 Å². The topological polar surface area (TPSA) is 96.6 Å². The Balaban J connectivity index is 1.96. The van der Waals surface area contributed by atoms with E-state index >= 15 is 0 Å². The van der Waals surface area contributed by atoms with Crippen molar-refractivity contribution >= 4 is 55.3 Å². The number of carbonyl (C=O) groups excluding carboxylic acids is 1. The average Bonchev–Trinajstić information content (AvgIpc) is 3.03. The van der Waals surface area contributed by atoms with E-state index in [1.54, 1.807) is 35.2 Å². The number of aliphatic hydroxyl groups is 2. The zero-order chi connectivity index (χ0) is 20.3. The smallest absolute Gasteiger partial charge is 0.291 e. The molecule has 0 unspecified atom stereocenters. The first-order valence-electron chi connectivity index (χ1n) is 8.18. The van der Waals surface area contributed by atoms with Crippen LogP contribution in [0.3, 0.4) is 0 Å². The molecule has 0 bridgehead atoms. The monoisotopic (exact) mass is 563 g/mol. The van der Waals surface area contributed by atoms with Gasteiger partial charge in [-0.2, -0.15) is 0 Å². The molecule has 0 aliphatic rings. The second-order valence-electron chi connectivity index (χ2n) is 5.98. The number of rotatable bonds is 7. The molecule has 0 spiro atoms. The summed E-state index contributed by atoms with van der Waals surface area (Å²) in [6.07, 6.45) is 2.09. The Hall–Kier alpha value is -1.60.